The fourth-order valence-corrected chi connectivity index (χ4v) is 0.866. The molecule has 0 spiro atoms. The van der Waals surface area contributed by atoms with Crippen LogP contribution in [0.3, 0.4) is 0 Å². The summed E-state index contributed by atoms with van der Waals surface area (Å²) in [6.07, 6.45) is 1.11. The summed E-state index contributed by atoms with van der Waals surface area (Å²) >= 11 is 0. The van der Waals surface area contributed by atoms with E-state index in [9.17, 15) is 13.2 Å². The van der Waals surface area contributed by atoms with Crippen LogP contribution in [-0.4, -0.2) is 25.2 Å². The van der Waals surface area contributed by atoms with Crippen molar-refractivity contribution in [3.8, 4) is 0 Å². The average molecular weight is 205 g/mol. The number of amides is 1. The number of primary amides is 1. The highest BCUT2D eigenvalue weighted by Crippen LogP contribution is 2.06. The van der Waals surface area contributed by atoms with E-state index in [1.807, 2.05) is 0 Å². The molecule has 0 fully saturated rings. The third-order valence-electron chi connectivity index (χ3n) is 1.11. The molecular formula is C5H7N3O4S. The molecule has 13 heavy (non-hydrogen) atoms. The van der Waals surface area contributed by atoms with Gasteiger partial charge in [-0.2, -0.15) is 0 Å². The topological polar surface area (TPSA) is 115 Å². The van der Waals surface area contributed by atoms with E-state index in [2.05, 4.69) is 10.3 Å². The van der Waals surface area contributed by atoms with E-state index in [0.29, 0.717) is 0 Å². The van der Waals surface area contributed by atoms with E-state index in [-0.39, 0.29) is 17.7 Å². The van der Waals surface area contributed by atoms with Gasteiger partial charge >= 0.3 is 0 Å². The smallest absolute Gasteiger partial charge is 0.296 e. The van der Waals surface area contributed by atoms with Gasteiger partial charge in [0.2, 0.25) is 5.76 Å². The van der Waals surface area contributed by atoms with E-state index in [0.717, 1.165) is 6.20 Å². The minimum absolute atomic E-state index is 0.0481. The van der Waals surface area contributed by atoms with Gasteiger partial charge in [-0.1, -0.05) is 0 Å². The average Bonchev–Trinajstić information content (AvgIpc) is 2.48. The normalized spacial score (nSPS) is 10.2. The Morgan fingerprint density at radius 1 is 1.69 bits per heavy atom. The van der Waals surface area contributed by atoms with Crippen molar-refractivity contribution >= 4 is 22.6 Å². The molecule has 0 aliphatic heterocycles. The third kappa shape index (κ3) is 2.75. The SMILES string of the molecule is NC(=O)c1cnc(NC[SH](=O)=O)o1. The molecule has 0 radical (unpaired) electrons. The number of hydrogen-bond donors (Lipinski definition) is 3. The van der Waals surface area contributed by atoms with E-state index in [1.165, 1.54) is 0 Å². The lowest BCUT2D eigenvalue weighted by Crippen LogP contribution is -2.09. The molecule has 0 bridgehead atoms. The lowest BCUT2D eigenvalue weighted by Gasteiger charge is -1.92. The largest absolute Gasteiger partial charge is 0.418 e. The molecule has 1 aromatic rings. The molecule has 0 aliphatic carbocycles. The molecule has 0 aliphatic rings. The van der Waals surface area contributed by atoms with Crippen LogP contribution in [0.15, 0.2) is 10.6 Å². The van der Waals surface area contributed by atoms with Gasteiger partial charge in [0.1, 0.15) is 5.88 Å². The van der Waals surface area contributed by atoms with Crippen molar-refractivity contribution < 1.29 is 17.6 Å². The summed E-state index contributed by atoms with van der Waals surface area (Å²) < 4.78 is 25.0. The molecule has 0 saturated heterocycles. The number of nitrogens with one attached hydrogen (secondary N) is 1. The molecule has 1 heterocycles. The standard InChI is InChI=1S/C5H7N3O4S/c6-4(9)3-1-7-5(12-3)8-2-13(10)11/h1,13H,2H2,(H2,6,9)(H,7,8). The highest BCUT2D eigenvalue weighted by atomic mass is 32.2. The van der Waals surface area contributed by atoms with Crippen molar-refractivity contribution in [3.05, 3.63) is 12.0 Å². The van der Waals surface area contributed by atoms with Crippen molar-refractivity contribution in [2.24, 2.45) is 5.73 Å². The minimum atomic E-state index is -2.56. The minimum Gasteiger partial charge on any atom is -0.418 e. The lowest BCUT2D eigenvalue weighted by molar-refractivity contribution is 0.0975. The van der Waals surface area contributed by atoms with E-state index in [4.69, 9.17) is 10.2 Å². The second kappa shape index (κ2) is 3.90. The Morgan fingerprint density at radius 3 is 2.85 bits per heavy atom. The molecule has 0 saturated carbocycles. The summed E-state index contributed by atoms with van der Waals surface area (Å²) in [5.41, 5.74) is 4.86. The first-order valence-electron chi connectivity index (χ1n) is 3.21. The highest BCUT2D eigenvalue weighted by molar-refractivity contribution is 7.72. The maximum Gasteiger partial charge on any atom is 0.296 e. The highest BCUT2D eigenvalue weighted by Gasteiger charge is 2.07. The second-order valence-corrected chi connectivity index (χ2v) is 3.04. The van der Waals surface area contributed by atoms with Gasteiger partial charge in [0.15, 0.2) is 10.7 Å². The van der Waals surface area contributed by atoms with Crippen LogP contribution in [-0.2, 0) is 10.7 Å². The van der Waals surface area contributed by atoms with Gasteiger partial charge in [-0.3, -0.25) is 4.79 Å². The number of aromatic nitrogens is 1. The number of oxazole rings is 1. The fraction of sp³-hybridized carbons (Fsp3) is 0.200. The van der Waals surface area contributed by atoms with Crippen molar-refractivity contribution in [1.82, 2.24) is 4.98 Å². The molecule has 1 aromatic heterocycles. The molecule has 8 heteroatoms. The molecule has 0 unspecified atom stereocenters. The monoisotopic (exact) mass is 205 g/mol. The zero-order valence-electron chi connectivity index (χ0n) is 6.39. The molecule has 7 nitrogen and oxygen atoms in total. The van der Waals surface area contributed by atoms with E-state index < -0.39 is 16.6 Å². The molecule has 1 rings (SSSR count). The summed E-state index contributed by atoms with van der Waals surface area (Å²) in [5, 5.41) is 2.34. The predicted molar refractivity (Wildman–Crippen MR) is 43.8 cm³/mol. The molecule has 1 amide bonds. The zero-order valence-corrected chi connectivity index (χ0v) is 7.28. The summed E-state index contributed by atoms with van der Waals surface area (Å²) in [6.45, 7) is 0. The number of thiol groups is 1. The van der Waals surface area contributed by atoms with Crippen LogP contribution in [0.2, 0.25) is 0 Å². The zero-order chi connectivity index (χ0) is 9.84. The molecule has 3 N–H and O–H groups in total. The summed E-state index contributed by atoms with van der Waals surface area (Å²) in [6, 6.07) is -0.0481. The van der Waals surface area contributed by atoms with Gasteiger partial charge in [-0.05, 0) is 0 Å². The quantitative estimate of drug-likeness (QED) is 0.529. The summed E-state index contributed by atoms with van der Waals surface area (Å²) in [4.78, 5) is 14.1. The van der Waals surface area contributed by atoms with Crippen molar-refractivity contribution in [3.63, 3.8) is 0 Å². The number of carbonyl (C=O) groups is 1. The number of nitrogens with two attached hydrogens (primary N) is 1. The Kier molecular flexibility index (Phi) is 2.85. The van der Waals surface area contributed by atoms with Gasteiger partial charge in [-0.15, -0.1) is 0 Å². The Hall–Kier alpha value is -1.57. The molecule has 72 valence electrons. The molecule has 0 aromatic carbocycles. The Morgan fingerprint density at radius 2 is 2.38 bits per heavy atom. The first-order valence-corrected chi connectivity index (χ1v) is 4.57. The maximum atomic E-state index is 10.5. The van der Waals surface area contributed by atoms with Crippen LogP contribution in [0.1, 0.15) is 10.6 Å². The van der Waals surface area contributed by atoms with Gasteiger partial charge in [0.05, 0.1) is 6.20 Å². The number of carbonyl (C=O) groups excluding carboxylic acids is 1. The Balaban J connectivity index is 2.64. The van der Waals surface area contributed by atoms with Gasteiger partial charge < -0.3 is 15.5 Å². The van der Waals surface area contributed by atoms with Crippen LogP contribution in [0.25, 0.3) is 0 Å². The molecular weight excluding hydrogens is 198 g/mol. The number of nitrogens with zero attached hydrogens (tertiary/aromatic N) is 1. The van der Waals surface area contributed by atoms with Crippen molar-refractivity contribution in [2.45, 2.75) is 0 Å². The summed E-state index contributed by atoms with van der Waals surface area (Å²) in [7, 11) is -2.56. The number of rotatable bonds is 4. The van der Waals surface area contributed by atoms with Crippen LogP contribution < -0.4 is 11.1 Å². The van der Waals surface area contributed by atoms with Crippen molar-refractivity contribution in [2.75, 3.05) is 11.2 Å². The van der Waals surface area contributed by atoms with Crippen LogP contribution in [0, 0.1) is 0 Å². The molecule has 0 atom stereocenters. The number of anilines is 1. The van der Waals surface area contributed by atoms with E-state index >= 15 is 0 Å². The fourth-order valence-electron chi connectivity index (χ4n) is 0.602. The Labute approximate surface area is 74.9 Å². The first kappa shape index (κ1) is 9.52. The van der Waals surface area contributed by atoms with Crippen LogP contribution >= 0.6 is 0 Å². The van der Waals surface area contributed by atoms with E-state index in [1.54, 1.807) is 0 Å². The predicted octanol–water partition coefficient (Wildman–Crippen LogP) is -1.25. The van der Waals surface area contributed by atoms with Gasteiger partial charge in [0.25, 0.3) is 11.9 Å². The lowest BCUT2D eigenvalue weighted by atomic mass is 10.5. The number of hydrogen-bond acceptors (Lipinski definition) is 6. The Bertz CT molecular complexity index is 375. The first-order chi connectivity index (χ1) is 6.09. The van der Waals surface area contributed by atoms with Gasteiger partial charge in [-0.25, -0.2) is 13.4 Å². The third-order valence-corrected chi connectivity index (χ3v) is 1.52. The maximum absolute atomic E-state index is 10.5. The van der Waals surface area contributed by atoms with Crippen molar-refractivity contribution in [1.29, 1.82) is 0 Å². The summed E-state index contributed by atoms with van der Waals surface area (Å²) in [5.74, 6) is -1.18. The van der Waals surface area contributed by atoms with Crippen LogP contribution in [0.4, 0.5) is 6.01 Å². The van der Waals surface area contributed by atoms with Crippen LogP contribution in [0.5, 0.6) is 0 Å². The van der Waals surface area contributed by atoms with Gasteiger partial charge in [0, 0.05) is 0 Å². The second-order valence-electron chi connectivity index (χ2n) is 2.06.